The normalized spacial score (nSPS) is 16.8. The van der Waals surface area contributed by atoms with Crippen LogP contribution >= 0.6 is 11.6 Å². The first-order valence-corrected chi connectivity index (χ1v) is 7.33. The molecule has 18 heavy (non-hydrogen) atoms. The van der Waals surface area contributed by atoms with Crippen molar-refractivity contribution in [2.45, 2.75) is 44.9 Å². The van der Waals surface area contributed by atoms with E-state index in [2.05, 4.69) is 21.9 Å². The van der Waals surface area contributed by atoms with Crippen molar-refractivity contribution >= 4 is 17.5 Å². The van der Waals surface area contributed by atoms with E-state index in [1.807, 2.05) is 13.1 Å². The van der Waals surface area contributed by atoms with Crippen molar-refractivity contribution in [2.24, 2.45) is 5.92 Å². The average Bonchev–Trinajstić information content (AvgIpc) is 2.39. The monoisotopic (exact) mass is 267 g/mol. The fourth-order valence-corrected chi connectivity index (χ4v) is 2.90. The molecule has 4 heteroatoms. The number of halogens is 1. The first-order valence-electron chi connectivity index (χ1n) is 6.80. The maximum absolute atomic E-state index is 5.83. The van der Waals surface area contributed by atoms with E-state index in [0.29, 0.717) is 5.88 Å². The summed E-state index contributed by atoms with van der Waals surface area (Å²) < 4.78 is 0. The molecule has 1 aromatic heterocycles. The van der Waals surface area contributed by atoms with Crippen molar-refractivity contribution in [3.8, 4) is 0 Å². The molecule has 100 valence electrons. The number of hydrogen-bond acceptors (Lipinski definition) is 3. The highest BCUT2D eigenvalue weighted by Crippen LogP contribution is 2.25. The van der Waals surface area contributed by atoms with Crippen LogP contribution in [0.3, 0.4) is 0 Å². The highest BCUT2D eigenvalue weighted by molar-refractivity contribution is 6.17. The van der Waals surface area contributed by atoms with Crippen molar-refractivity contribution in [2.75, 3.05) is 18.5 Å². The predicted octanol–water partition coefficient (Wildman–Crippen LogP) is 3.54. The van der Waals surface area contributed by atoms with E-state index in [1.54, 1.807) is 0 Å². The van der Waals surface area contributed by atoms with Crippen LogP contribution in [0.2, 0.25) is 0 Å². The summed E-state index contributed by atoms with van der Waals surface area (Å²) >= 11 is 5.83. The minimum Gasteiger partial charge on any atom is -0.344 e. The molecule has 1 heterocycles. The van der Waals surface area contributed by atoms with Crippen molar-refractivity contribution in [1.82, 2.24) is 9.97 Å². The van der Waals surface area contributed by atoms with E-state index in [-0.39, 0.29) is 0 Å². The number of rotatable bonds is 4. The van der Waals surface area contributed by atoms with Gasteiger partial charge in [0.1, 0.15) is 0 Å². The number of aromatic nitrogens is 2. The SMILES string of the molecule is Cc1nc(N(C)CC2CCCCC2)ncc1CCl. The number of alkyl halides is 1. The van der Waals surface area contributed by atoms with E-state index < -0.39 is 0 Å². The minimum absolute atomic E-state index is 0.485. The fraction of sp³-hybridized carbons (Fsp3) is 0.714. The molecule has 0 atom stereocenters. The molecule has 0 radical (unpaired) electrons. The van der Waals surface area contributed by atoms with Gasteiger partial charge in [0, 0.05) is 31.0 Å². The van der Waals surface area contributed by atoms with Crippen LogP contribution in [0.4, 0.5) is 5.95 Å². The Labute approximate surface area is 115 Å². The van der Waals surface area contributed by atoms with Gasteiger partial charge in [0.25, 0.3) is 0 Å². The lowest BCUT2D eigenvalue weighted by atomic mass is 9.89. The summed E-state index contributed by atoms with van der Waals surface area (Å²) in [7, 11) is 2.09. The van der Waals surface area contributed by atoms with Gasteiger partial charge in [-0.1, -0.05) is 19.3 Å². The van der Waals surface area contributed by atoms with Crippen LogP contribution in [-0.2, 0) is 5.88 Å². The molecule has 0 aliphatic heterocycles. The molecule has 1 aliphatic rings. The second kappa shape index (κ2) is 6.37. The van der Waals surface area contributed by atoms with Crippen LogP contribution in [0.15, 0.2) is 6.20 Å². The molecule has 1 aromatic rings. The maximum atomic E-state index is 5.83. The van der Waals surface area contributed by atoms with Crippen molar-refractivity contribution in [1.29, 1.82) is 0 Å². The topological polar surface area (TPSA) is 29.0 Å². The van der Waals surface area contributed by atoms with Gasteiger partial charge >= 0.3 is 0 Å². The van der Waals surface area contributed by atoms with Crippen LogP contribution in [0.5, 0.6) is 0 Å². The summed E-state index contributed by atoms with van der Waals surface area (Å²) in [4.78, 5) is 11.1. The van der Waals surface area contributed by atoms with Gasteiger partial charge in [-0.3, -0.25) is 0 Å². The smallest absolute Gasteiger partial charge is 0.225 e. The lowest BCUT2D eigenvalue weighted by Gasteiger charge is -2.27. The summed E-state index contributed by atoms with van der Waals surface area (Å²) in [5.41, 5.74) is 2.01. The van der Waals surface area contributed by atoms with Crippen LogP contribution in [-0.4, -0.2) is 23.6 Å². The lowest BCUT2D eigenvalue weighted by Crippen LogP contribution is -2.28. The summed E-state index contributed by atoms with van der Waals surface area (Å²) in [5.74, 6) is 2.12. The zero-order valence-electron chi connectivity index (χ0n) is 11.3. The Bertz CT molecular complexity index is 389. The Morgan fingerprint density at radius 3 is 2.67 bits per heavy atom. The molecule has 0 amide bonds. The second-order valence-electron chi connectivity index (χ2n) is 5.30. The Morgan fingerprint density at radius 1 is 1.33 bits per heavy atom. The molecule has 1 aliphatic carbocycles. The van der Waals surface area contributed by atoms with Crippen molar-refractivity contribution in [3.05, 3.63) is 17.5 Å². The van der Waals surface area contributed by atoms with Crippen LogP contribution in [0, 0.1) is 12.8 Å². The number of hydrogen-bond donors (Lipinski definition) is 0. The third kappa shape index (κ3) is 3.35. The first-order chi connectivity index (χ1) is 8.70. The lowest BCUT2D eigenvalue weighted by molar-refractivity contribution is 0.361. The van der Waals surface area contributed by atoms with E-state index in [1.165, 1.54) is 32.1 Å². The quantitative estimate of drug-likeness (QED) is 0.782. The maximum Gasteiger partial charge on any atom is 0.225 e. The average molecular weight is 268 g/mol. The second-order valence-corrected chi connectivity index (χ2v) is 5.57. The summed E-state index contributed by atoms with van der Waals surface area (Å²) in [6.45, 7) is 3.07. The third-order valence-corrected chi connectivity index (χ3v) is 4.10. The number of aryl methyl sites for hydroxylation is 1. The molecule has 3 nitrogen and oxygen atoms in total. The minimum atomic E-state index is 0.485. The van der Waals surface area contributed by atoms with Gasteiger partial charge in [0.05, 0.1) is 5.88 Å². The Morgan fingerprint density at radius 2 is 2.06 bits per heavy atom. The molecule has 0 saturated heterocycles. The van der Waals surface area contributed by atoms with E-state index in [4.69, 9.17) is 11.6 Å². The van der Waals surface area contributed by atoms with Gasteiger partial charge < -0.3 is 4.90 Å². The van der Waals surface area contributed by atoms with E-state index >= 15 is 0 Å². The van der Waals surface area contributed by atoms with Gasteiger partial charge in [-0.2, -0.15) is 0 Å². The summed E-state index contributed by atoms with van der Waals surface area (Å²) in [6, 6.07) is 0. The predicted molar refractivity (Wildman–Crippen MR) is 76.2 cm³/mol. The molecule has 0 bridgehead atoms. The van der Waals surface area contributed by atoms with Gasteiger partial charge in [-0.25, -0.2) is 9.97 Å². The van der Waals surface area contributed by atoms with Gasteiger partial charge in [-0.15, -0.1) is 11.6 Å². The van der Waals surface area contributed by atoms with Gasteiger partial charge in [-0.05, 0) is 25.7 Å². The standard InChI is InChI=1S/C14H22ClN3/c1-11-13(8-15)9-16-14(17-11)18(2)10-12-6-4-3-5-7-12/h9,12H,3-8,10H2,1-2H3. The molecular weight excluding hydrogens is 246 g/mol. The molecule has 1 saturated carbocycles. The molecule has 0 spiro atoms. The third-order valence-electron chi connectivity index (χ3n) is 3.81. The highest BCUT2D eigenvalue weighted by Gasteiger charge is 2.17. The molecule has 1 fully saturated rings. The van der Waals surface area contributed by atoms with Gasteiger partial charge in [0.2, 0.25) is 5.95 Å². The Balaban J connectivity index is 1.99. The van der Waals surface area contributed by atoms with Crippen LogP contribution in [0.1, 0.15) is 43.4 Å². The Kier molecular flexibility index (Phi) is 4.81. The van der Waals surface area contributed by atoms with E-state index in [9.17, 15) is 0 Å². The molecule has 0 unspecified atom stereocenters. The zero-order chi connectivity index (χ0) is 13.0. The van der Waals surface area contributed by atoms with Crippen LogP contribution in [0.25, 0.3) is 0 Å². The molecule has 0 N–H and O–H groups in total. The van der Waals surface area contributed by atoms with Crippen LogP contribution < -0.4 is 4.90 Å². The van der Waals surface area contributed by atoms with Gasteiger partial charge in [0.15, 0.2) is 0 Å². The largest absolute Gasteiger partial charge is 0.344 e. The summed E-state index contributed by atoms with van der Waals surface area (Å²) in [5, 5.41) is 0. The Hall–Kier alpha value is -0.830. The van der Waals surface area contributed by atoms with Crippen molar-refractivity contribution in [3.63, 3.8) is 0 Å². The number of anilines is 1. The van der Waals surface area contributed by atoms with Crippen molar-refractivity contribution < 1.29 is 0 Å². The molecular formula is C14H22ClN3. The van der Waals surface area contributed by atoms with E-state index in [0.717, 1.165) is 29.7 Å². The first kappa shape index (κ1) is 13.6. The molecule has 0 aromatic carbocycles. The summed E-state index contributed by atoms with van der Waals surface area (Å²) in [6.07, 6.45) is 8.71. The number of nitrogens with zero attached hydrogens (tertiary/aromatic N) is 3. The highest BCUT2D eigenvalue weighted by atomic mass is 35.5. The fourth-order valence-electron chi connectivity index (χ4n) is 2.63. The zero-order valence-corrected chi connectivity index (χ0v) is 12.1. The molecule has 2 rings (SSSR count).